The first kappa shape index (κ1) is 16.0. The number of nitrogens with zero attached hydrogens (tertiary/aromatic N) is 3. The molecule has 0 aliphatic carbocycles. The molecule has 1 aromatic rings. The average Bonchev–Trinajstić information content (AvgIpc) is 2.91. The number of hydrogen-bond donors (Lipinski definition) is 1. The van der Waals surface area contributed by atoms with Crippen LogP contribution in [0.5, 0.6) is 0 Å². The summed E-state index contributed by atoms with van der Waals surface area (Å²) < 4.78 is 37.7. The van der Waals surface area contributed by atoms with E-state index in [1.54, 1.807) is 6.20 Å². The average molecular weight is 323 g/mol. The van der Waals surface area contributed by atoms with Crippen molar-refractivity contribution in [2.24, 2.45) is 0 Å². The summed E-state index contributed by atoms with van der Waals surface area (Å²) in [6.07, 6.45) is -4.09. The molecule has 1 aliphatic heterocycles. The highest BCUT2D eigenvalue weighted by atomic mass is 32.1. The van der Waals surface area contributed by atoms with Crippen LogP contribution in [0.2, 0.25) is 0 Å². The van der Waals surface area contributed by atoms with E-state index >= 15 is 0 Å². The van der Waals surface area contributed by atoms with Gasteiger partial charge in [0.1, 0.15) is 0 Å². The van der Waals surface area contributed by atoms with Crippen molar-refractivity contribution in [2.45, 2.75) is 25.1 Å². The molecular weight excluding hydrogens is 307 g/mol. The number of rotatable bonds is 3. The van der Waals surface area contributed by atoms with Crippen LogP contribution in [0, 0.1) is 0 Å². The highest BCUT2D eigenvalue weighted by molar-refractivity contribution is 7.13. The molecule has 1 aliphatic rings. The zero-order chi connectivity index (χ0) is 15.7. The number of piperazine rings is 1. The first-order valence-corrected chi connectivity index (χ1v) is 7.30. The summed E-state index contributed by atoms with van der Waals surface area (Å²) in [6, 6.07) is 0. The fourth-order valence-corrected chi connectivity index (χ4v) is 2.72. The third-order valence-electron chi connectivity index (χ3n) is 3.43. The molecule has 21 heavy (non-hydrogen) atoms. The molecule has 0 saturated carbocycles. The molecule has 0 spiro atoms. The largest absolute Gasteiger partial charge is 0.417 e. The summed E-state index contributed by atoms with van der Waals surface area (Å²) in [5, 5.41) is 12.0. The second kappa shape index (κ2) is 5.80. The Bertz CT molecular complexity index is 482. The number of thiazole rings is 1. The molecule has 2 rings (SSSR count). The van der Waals surface area contributed by atoms with Crippen molar-refractivity contribution in [3.63, 3.8) is 0 Å². The van der Waals surface area contributed by atoms with Gasteiger partial charge in [-0.1, -0.05) is 0 Å². The van der Waals surface area contributed by atoms with Crippen LogP contribution in [0.1, 0.15) is 13.3 Å². The molecule has 1 amide bonds. The summed E-state index contributed by atoms with van der Waals surface area (Å²) in [5.41, 5.74) is -2.99. The minimum absolute atomic E-state index is 0.326. The van der Waals surface area contributed by atoms with Gasteiger partial charge in [0.15, 0.2) is 10.7 Å². The van der Waals surface area contributed by atoms with E-state index in [9.17, 15) is 23.1 Å². The van der Waals surface area contributed by atoms with Gasteiger partial charge >= 0.3 is 6.18 Å². The van der Waals surface area contributed by atoms with Crippen LogP contribution in [-0.4, -0.2) is 58.9 Å². The lowest BCUT2D eigenvalue weighted by Crippen LogP contribution is -2.52. The van der Waals surface area contributed by atoms with Gasteiger partial charge in [-0.3, -0.25) is 4.79 Å². The van der Waals surface area contributed by atoms with Crippen molar-refractivity contribution >= 4 is 22.4 Å². The fourth-order valence-electron chi connectivity index (χ4n) is 2.03. The number of halogens is 3. The van der Waals surface area contributed by atoms with Crippen LogP contribution in [0.4, 0.5) is 18.3 Å². The lowest BCUT2D eigenvalue weighted by molar-refractivity contribution is -0.254. The monoisotopic (exact) mass is 323 g/mol. The standard InChI is InChI=1S/C12H16F3N3O2S/c1-11(20,12(13,14)15)8-9(19)17-3-5-18(6-4-17)10-16-2-7-21-10/h2,7,20H,3-6,8H2,1H3/t11-/m0/s1. The van der Waals surface area contributed by atoms with Crippen LogP contribution in [0.15, 0.2) is 11.6 Å². The maximum Gasteiger partial charge on any atom is 0.417 e. The van der Waals surface area contributed by atoms with Crippen LogP contribution in [-0.2, 0) is 4.79 Å². The Morgan fingerprint density at radius 1 is 1.38 bits per heavy atom. The number of hydrogen-bond acceptors (Lipinski definition) is 5. The smallest absolute Gasteiger partial charge is 0.380 e. The molecule has 118 valence electrons. The first-order valence-electron chi connectivity index (χ1n) is 6.42. The second-order valence-corrected chi connectivity index (χ2v) is 6.00. The molecule has 0 bridgehead atoms. The van der Waals surface area contributed by atoms with Crippen LogP contribution in [0.3, 0.4) is 0 Å². The maximum atomic E-state index is 12.6. The van der Waals surface area contributed by atoms with E-state index in [0.717, 1.165) is 5.13 Å². The van der Waals surface area contributed by atoms with Gasteiger partial charge in [0.2, 0.25) is 5.91 Å². The van der Waals surface area contributed by atoms with Crippen molar-refractivity contribution < 1.29 is 23.1 Å². The van der Waals surface area contributed by atoms with Crippen molar-refractivity contribution in [1.29, 1.82) is 0 Å². The third-order valence-corrected chi connectivity index (χ3v) is 4.26. The zero-order valence-electron chi connectivity index (χ0n) is 11.4. The van der Waals surface area contributed by atoms with Gasteiger partial charge in [-0.05, 0) is 6.92 Å². The summed E-state index contributed by atoms with van der Waals surface area (Å²) in [4.78, 5) is 19.4. The predicted octanol–water partition coefficient (Wildman–Crippen LogP) is 1.50. The SMILES string of the molecule is C[C@](O)(CC(=O)N1CCN(c2nccs2)CC1)C(F)(F)F. The summed E-state index contributed by atoms with van der Waals surface area (Å²) >= 11 is 1.48. The Morgan fingerprint density at radius 2 is 2.00 bits per heavy atom. The normalized spacial score (nSPS) is 19.5. The number of carbonyl (C=O) groups excluding carboxylic acids is 1. The van der Waals surface area contributed by atoms with Crippen molar-refractivity contribution in [1.82, 2.24) is 9.88 Å². The molecule has 5 nitrogen and oxygen atoms in total. The van der Waals surface area contributed by atoms with E-state index in [2.05, 4.69) is 4.98 Å². The summed E-state index contributed by atoms with van der Waals surface area (Å²) in [6.45, 7) is 2.32. The van der Waals surface area contributed by atoms with E-state index < -0.39 is 24.1 Å². The van der Waals surface area contributed by atoms with Gasteiger partial charge in [0.05, 0.1) is 6.42 Å². The quantitative estimate of drug-likeness (QED) is 0.916. The Labute approximate surface area is 124 Å². The number of carbonyl (C=O) groups is 1. The van der Waals surface area contributed by atoms with Crippen molar-refractivity contribution in [3.05, 3.63) is 11.6 Å². The molecular formula is C12H16F3N3O2S. The molecule has 0 radical (unpaired) electrons. The molecule has 9 heteroatoms. The molecule has 1 atom stereocenters. The van der Waals surface area contributed by atoms with Crippen molar-refractivity contribution in [2.75, 3.05) is 31.1 Å². The minimum atomic E-state index is -4.81. The number of aliphatic hydroxyl groups is 1. The number of aromatic nitrogens is 1. The Kier molecular flexibility index (Phi) is 4.43. The third kappa shape index (κ3) is 3.65. The summed E-state index contributed by atoms with van der Waals surface area (Å²) in [5.74, 6) is -0.684. The van der Waals surface area contributed by atoms with E-state index in [-0.39, 0.29) is 0 Å². The van der Waals surface area contributed by atoms with Crippen LogP contribution >= 0.6 is 11.3 Å². The van der Waals surface area contributed by atoms with Gasteiger partial charge in [0.25, 0.3) is 0 Å². The molecule has 2 heterocycles. The lowest BCUT2D eigenvalue weighted by Gasteiger charge is -2.36. The number of amides is 1. The molecule has 1 saturated heterocycles. The maximum absolute atomic E-state index is 12.6. The van der Waals surface area contributed by atoms with E-state index in [1.807, 2.05) is 10.3 Å². The highest BCUT2D eigenvalue weighted by Crippen LogP contribution is 2.33. The van der Waals surface area contributed by atoms with Gasteiger partial charge in [-0.2, -0.15) is 13.2 Å². The molecule has 1 N–H and O–H groups in total. The second-order valence-electron chi connectivity index (χ2n) is 5.13. The topological polar surface area (TPSA) is 56.7 Å². The fraction of sp³-hybridized carbons (Fsp3) is 0.667. The van der Waals surface area contributed by atoms with Gasteiger partial charge in [-0.25, -0.2) is 4.98 Å². The summed E-state index contributed by atoms with van der Waals surface area (Å²) in [7, 11) is 0. The van der Waals surface area contributed by atoms with Gasteiger partial charge in [0, 0.05) is 37.8 Å². The molecule has 0 aromatic carbocycles. The molecule has 0 unspecified atom stereocenters. The first-order chi connectivity index (χ1) is 9.71. The lowest BCUT2D eigenvalue weighted by atomic mass is 10.0. The van der Waals surface area contributed by atoms with E-state index in [4.69, 9.17) is 0 Å². The van der Waals surface area contributed by atoms with Gasteiger partial charge in [-0.15, -0.1) is 11.3 Å². The molecule has 1 aromatic heterocycles. The Hall–Kier alpha value is -1.35. The van der Waals surface area contributed by atoms with Crippen LogP contribution < -0.4 is 4.90 Å². The number of anilines is 1. The predicted molar refractivity (Wildman–Crippen MR) is 72.2 cm³/mol. The highest BCUT2D eigenvalue weighted by Gasteiger charge is 2.51. The number of alkyl halides is 3. The van der Waals surface area contributed by atoms with E-state index in [1.165, 1.54) is 16.2 Å². The minimum Gasteiger partial charge on any atom is -0.380 e. The zero-order valence-corrected chi connectivity index (χ0v) is 12.2. The van der Waals surface area contributed by atoms with E-state index in [0.29, 0.717) is 33.1 Å². The van der Waals surface area contributed by atoms with Crippen LogP contribution in [0.25, 0.3) is 0 Å². The Balaban J connectivity index is 1.89. The molecule has 1 fully saturated rings. The van der Waals surface area contributed by atoms with Gasteiger partial charge < -0.3 is 14.9 Å². The van der Waals surface area contributed by atoms with Crippen molar-refractivity contribution in [3.8, 4) is 0 Å². The Morgan fingerprint density at radius 3 is 2.48 bits per heavy atom.